The van der Waals surface area contributed by atoms with Gasteiger partial charge in [0.05, 0.1) is 12.6 Å². The molecule has 8 amide bonds. The third kappa shape index (κ3) is 12.5. The largest absolute Gasteiger partial charge is 0.394 e. The van der Waals surface area contributed by atoms with E-state index in [4.69, 9.17) is 5.73 Å². The van der Waals surface area contributed by atoms with E-state index in [0.717, 1.165) is 0 Å². The van der Waals surface area contributed by atoms with Crippen molar-refractivity contribution < 1.29 is 48.3 Å². The number of amides is 8. The highest BCUT2D eigenvalue weighted by molar-refractivity contribution is 5.98. The summed E-state index contributed by atoms with van der Waals surface area (Å²) in [4.78, 5) is 110. The summed E-state index contributed by atoms with van der Waals surface area (Å²) in [7, 11) is 0. The second-order valence-electron chi connectivity index (χ2n) is 11.4. The van der Waals surface area contributed by atoms with Gasteiger partial charge in [-0.15, -0.1) is 0 Å². The van der Waals surface area contributed by atoms with Gasteiger partial charge in [0, 0.05) is 6.54 Å². The zero-order valence-electron chi connectivity index (χ0n) is 27.8. The second kappa shape index (κ2) is 18.6. The molecule has 1 fully saturated rings. The Morgan fingerprint density at radius 1 is 0.562 bits per heavy atom. The lowest BCUT2D eigenvalue weighted by atomic mass is 10.2. The predicted octanol–water partition coefficient (Wildman–Crippen LogP) is -7.04. The molecule has 1 heterocycles. The van der Waals surface area contributed by atoms with Gasteiger partial charge < -0.3 is 58.2 Å². The molecule has 0 saturated carbocycles. The number of aldehydes is 1. The lowest BCUT2D eigenvalue weighted by Gasteiger charge is -2.23. The lowest BCUT2D eigenvalue weighted by molar-refractivity contribution is -0.135. The van der Waals surface area contributed by atoms with Crippen LogP contribution >= 0.6 is 0 Å². The van der Waals surface area contributed by atoms with Crippen molar-refractivity contribution in [2.24, 2.45) is 5.73 Å². The van der Waals surface area contributed by atoms with E-state index in [2.05, 4.69) is 53.4 Å². The van der Waals surface area contributed by atoms with Crippen LogP contribution in [0.4, 0.5) is 0 Å². The van der Waals surface area contributed by atoms with Gasteiger partial charge >= 0.3 is 0 Å². The molecule has 1 aliphatic rings. The van der Waals surface area contributed by atoms with Crippen molar-refractivity contribution in [3.8, 4) is 0 Å². The third-order valence-electron chi connectivity index (χ3n) is 7.01. The molecule has 1 rings (SSSR count). The van der Waals surface area contributed by atoms with Crippen LogP contribution < -0.4 is 59.1 Å². The van der Waals surface area contributed by atoms with Crippen LogP contribution in [0, 0.1) is 0 Å². The normalized spacial score (nSPS) is 17.9. The molecule has 0 aromatic carbocycles. The highest BCUT2D eigenvalue weighted by Gasteiger charge is 2.49. The van der Waals surface area contributed by atoms with Crippen molar-refractivity contribution in [2.75, 3.05) is 13.2 Å². The van der Waals surface area contributed by atoms with Crippen LogP contribution in [0.15, 0.2) is 0 Å². The Labute approximate surface area is 276 Å². The SMILES string of the molecule is C[C@H](NC(=O)[C@H](C)NC(=O)[C@H](C)NC(=O)[C@H](C)NC(=O)[C@H](CO)NC(=O)C1(CN)NN1)C(=O)N[C@@H](C)C(=O)N[C@@H](C)C(=O)N[C@@H](C)C=O. The minimum atomic E-state index is -1.40. The number of aliphatic hydroxyl groups excluding tert-OH is 1. The van der Waals surface area contributed by atoms with Gasteiger partial charge in [-0.05, 0) is 48.5 Å². The average Bonchev–Trinajstić information content (AvgIpc) is 3.84. The van der Waals surface area contributed by atoms with E-state index in [1.807, 2.05) is 0 Å². The molecular formula is C27H47N11O10. The summed E-state index contributed by atoms with van der Waals surface area (Å²) < 4.78 is 0. The van der Waals surface area contributed by atoms with Crippen LogP contribution in [0.25, 0.3) is 0 Å². The fourth-order valence-corrected chi connectivity index (χ4v) is 3.64. The molecule has 8 atom stereocenters. The number of aliphatic hydroxyl groups is 1. The molecule has 48 heavy (non-hydrogen) atoms. The number of carbonyl (C=O) groups is 9. The number of rotatable bonds is 19. The van der Waals surface area contributed by atoms with Crippen LogP contribution in [0.2, 0.25) is 0 Å². The third-order valence-corrected chi connectivity index (χ3v) is 7.01. The summed E-state index contributed by atoms with van der Waals surface area (Å²) in [6.07, 6.45) is 0.520. The Kier molecular flexibility index (Phi) is 16.0. The van der Waals surface area contributed by atoms with Crippen molar-refractivity contribution in [1.82, 2.24) is 53.4 Å². The molecule has 0 aromatic rings. The second-order valence-corrected chi connectivity index (χ2v) is 11.4. The van der Waals surface area contributed by atoms with E-state index < -0.39 is 108 Å². The Balaban J connectivity index is 2.54. The van der Waals surface area contributed by atoms with Gasteiger partial charge in [0.2, 0.25) is 41.4 Å². The van der Waals surface area contributed by atoms with Crippen LogP contribution in [0.5, 0.6) is 0 Å². The van der Waals surface area contributed by atoms with Crippen molar-refractivity contribution in [1.29, 1.82) is 0 Å². The van der Waals surface area contributed by atoms with Gasteiger partial charge in [-0.2, -0.15) is 0 Å². The fourth-order valence-electron chi connectivity index (χ4n) is 3.64. The summed E-state index contributed by atoms with van der Waals surface area (Å²) in [5.41, 5.74) is 9.31. The van der Waals surface area contributed by atoms with E-state index in [9.17, 15) is 48.3 Å². The van der Waals surface area contributed by atoms with E-state index in [-0.39, 0.29) is 6.54 Å². The molecule has 0 aliphatic carbocycles. The monoisotopic (exact) mass is 685 g/mol. The minimum absolute atomic E-state index is 0.125. The summed E-state index contributed by atoms with van der Waals surface area (Å²) in [5, 5.41) is 28.5. The summed E-state index contributed by atoms with van der Waals surface area (Å²) >= 11 is 0. The first kappa shape index (κ1) is 41.3. The van der Waals surface area contributed by atoms with Gasteiger partial charge in [-0.25, -0.2) is 10.9 Å². The Bertz CT molecular complexity index is 1240. The van der Waals surface area contributed by atoms with Crippen LogP contribution in [-0.4, -0.2) is 126 Å². The number of hydrazine groups is 1. The smallest absolute Gasteiger partial charge is 0.259 e. The van der Waals surface area contributed by atoms with Crippen molar-refractivity contribution >= 4 is 53.5 Å². The number of hydrogen-bond donors (Lipinski definition) is 12. The Hall–Kier alpha value is -4.73. The summed E-state index contributed by atoms with van der Waals surface area (Å²) in [6.45, 7) is 8.60. The number of carbonyl (C=O) groups excluding carboxylic acids is 9. The average molecular weight is 686 g/mol. The van der Waals surface area contributed by atoms with Gasteiger partial charge in [0.1, 0.15) is 48.6 Å². The lowest BCUT2D eigenvalue weighted by Crippen LogP contribution is -2.59. The van der Waals surface area contributed by atoms with Gasteiger partial charge in [-0.3, -0.25) is 38.4 Å². The molecule has 270 valence electrons. The van der Waals surface area contributed by atoms with Crippen LogP contribution in [0.3, 0.4) is 0 Å². The highest BCUT2D eigenvalue weighted by atomic mass is 16.3. The van der Waals surface area contributed by atoms with Crippen LogP contribution in [-0.2, 0) is 43.2 Å². The van der Waals surface area contributed by atoms with E-state index >= 15 is 0 Å². The summed E-state index contributed by atoms with van der Waals surface area (Å²) in [6, 6.07) is -8.94. The first-order valence-corrected chi connectivity index (χ1v) is 15.1. The quantitative estimate of drug-likeness (QED) is 0.0445. The molecule has 0 spiro atoms. The number of nitrogens with one attached hydrogen (secondary N) is 10. The Morgan fingerprint density at radius 3 is 1.10 bits per heavy atom. The first-order valence-electron chi connectivity index (χ1n) is 15.1. The van der Waals surface area contributed by atoms with Crippen molar-refractivity contribution in [2.45, 2.75) is 102 Å². The van der Waals surface area contributed by atoms with E-state index in [0.29, 0.717) is 6.29 Å². The molecule has 1 aliphatic heterocycles. The molecule has 1 saturated heterocycles. The number of hydrogen-bond acceptors (Lipinski definition) is 13. The molecule has 0 aromatic heterocycles. The van der Waals surface area contributed by atoms with E-state index in [1.165, 1.54) is 48.5 Å². The first-order chi connectivity index (χ1) is 22.3. The highest BCUT2D eigenvalue weighted by Crippen LogP contribution is 2.08. The summed E-state index contributed by atoms with van der Waals surface area (Å²) in [5.74, 6) is -5.93. The minimum Gasteiger partial charge on any atom is -0.394 e. The topological polar surface area (TPSA) is 340 Å². The van der Waals surface area contributed by atoms with Gasteiger partial charge in [-0.1, -0.05) is 0 Å². The van der Waals surface area contributed by atoms with Gasteiger partial charge in [0.25, 0.3) is 5.91 Å². The molecular weight excluding hydrogens is 638 g/mol. The zero-order valence-corrected chi connectivity index (χ0v) is 27.8. The van der Waals surface area contributed by atoms with Gasteiger partial charge in [0.15, 0.2) is 5.66 Å². The van der Waals surface area contributed by atoms with Crippen LogP contribution in [0.1, 0.15) is 48.5 Å². The maximum absolute atomic E-state index is 12.6. The molecule has 0 bridgehead atoms. The maximum atomic E-state index is 12.6. The van der Waals surface area contributed by atoms with Crippen molar-refractivity contribution in [3.05, 3.63) is 0 Å². The maximum Gasteiger partial charge on any atom is 0.259 e. The molecule has 0 unspecified atom stereocenters. The standard InChI is InChI=1S/C27H47N11O10/c1-11(8-39)29-19(41)12(2)30-20(42)13(3)31-21(43)14(4)32-22(44)15(5)33-23(45)16(6)34-24(46)17(7)35-25(47)18(9-40)36-26(48)27(10-28)37-38-27/h8,11-18,37-38,40H,9-10,28H2,1-7H3,(H,29,41)(H,30,42)(H,31,43)(H,32,44)(H,33,45)(H,34,46)(H,35,47)(H,36,48)/t11-,12-,13-,14-,15-,16-,17-,18-/m0/s1. The van der Waals surface area contributed by atoms with Crippen molar-refractivity contribution in [3.63, 3.8) is 0 Å². The predicted molar refractivity (Wildman–Crippen MR) is 166 cm³/mol. The molecule has 0 radical (unpaired) electrons. The Morgan fingerprint density at radius 2 is 0.854 bits per heavy atom. The fraction of sp³-hybridized carbons (Fsp3) is 0.667. The zero-order chi connectivity index (χ0) is 36.9. The molecule has 21 nitrogen and oxygen atoms in total. The van der Waals surface area contributed by atoms with E-state index in [1.54, 1.807) is 0 Å². The molecule has 21 heteroatoms. The number of nitrogens with two attached hydrogens (primary N) is 1. The molecule has 13 N–H and O–H groups in total.